The van der Waals surface area contributed by atoms with E-state index in [0.29, 0.717) is 35.4 Å². The van der Waals surface area contributed by atoms with Crippen molar-refractivity contribution in [3.63, 3.8) is 0 Å². The molecule has 3 heterocycles. The summed E-state index contributed by atoms with van der Waals surface area (Å²) < 4.78 is 12.5. The maximum absolute atomic E-state index is 12.9. The molecule has 2 aromatic rings. The van der Waals surface area contributed by atoms with Gasteiger partial charge in [0.25, 0.3) is 5.56 Å². The molecule has 0 N–H and O–H groups in total. The van der Waals surface area contributed by atoms with Gasteiger partial charge >= 0.3 is 0 Å². The molecule has 1 aromatic heterocycles. The second-order valence-corrected chi connectivity index (χ2v) is 7.38. The number of piperidine rings is 1. The van der Waals surface area contributed by atoms with Gasteiger partial charge in [0.05, 0.1) is 26.3 Å². The molecule has 1 aromatic carbocycles. The van der Waals surface area contributed by atoms with Crippen molar-refractivity contribution >= 4 is 5.78 Å². The molecule has 0 aliphatic carbocycles. The minimum atomic E-state index is 0.0242. The number of pyridine rings is 1. The minimum absolute atomic E-state index is 0.0242. The van der Waals surface area contributed by atoms with Crippen LogP contribution >= 0.6 is 0 Å². The number of aromatic nitrogens is 1. The van der Waals surface area contributed by atoms with E-state index in [9.17, 15) is 9.59 Å². The minimum Gasteiger partial charge on any atom is -0.497 e. The Labute approximate surface area is 158 Å². The van der Waals surface area contributed by atoms with Gasteiger partial charge in [0.1, 0.15) is 11.5 Å². The number of carbonyl (C=O) groups is 1. The zero-order valence-electron chi connectivity index (χ0n) is 15.7. The van der Waals surface area contributed by atoms with Gasteiger partial charge < -0.3 is 14.0 Å². The van der Waals surface area contributed by atoms with E-state index in [1.807, 2.05) is 16.7 Å². The number of rotatable bonds is 5. The third-order valence-corrected chi connectivity index (χ3v) is 5.63. The molecule has 2 bridgehead atoms. The van der Waals surface area contributed by atoms with Crippen LogP contribution in [0.2, 0.25) is 0 Å². The monoisotopic (exact) mass is 368 g/mol. The molecule has 6 nitrogen and oxygen atoms in total. The Morgan fingerprint density at radius 3 is 2.74 bits per heavy atom. The molecular formula is C21H24N2O4. The zero-order chi connectivity index (χ0) is 19.0. The average Bonchev–Trinajstić information content (AvgIpc) is 2.68. The lowest BCUT2D eigenvalue weighted by molar-refractivity contribution is 0.0814. The van der Waals surface area contributed by atoms with Crippen LogP contribution in [0.1, 0.15) is 28.4 Å². The Morgan fingerprint density at radius 1 is 1.11 bits per heavy atom. The van der Waals surface area contributed by atoms with E-state index in [2.05, 4.69) is 4.90 Å². The van der Waals surface area contributed by atoms with Crippen LogP contribution < -0.4 is 15.0 Å². The summed E-state index contributed by atoms with van der Waals surface area (Å²) in [7, 11) is 3.15. The first-order valence-corrected chi connectivity index (χ1v) is 9.26. The van der Waals surface area contributed by atoms with Gasteiger partial charge in [0.15, 0.2) is 5.78 Å². The van der Waals surface area contributed by atoms with Crippen molar-refractivity contribution in [2.75, 3.05) is 33.9 Å². The van der Waals surface area contributed by atoms with Gasteiger partial charge in [0, 0.05) is 37.3 Å². The molecule has 6 heteroatoms. The predicted molar refractivity (Wildman–Crippen MR) is 102 cm³/mol. The third-order valence-electron chi connectivity index (χ3n) is 5.63. The van der Waals surface area contributed by atoms with E-state index in [4.69, 9.17) is 9.47 Å². The van der Waals surface area contributed by atoms with Crippen LogP contribution in [0.25, 0.3) is 0 Å². The molecule has 2 atom stereocenters. The highest BCUT2D eigenvalue weighted by Gasteiger charge is 2.35. The first-order chi connectivity index (χ1) is 13.1. The fraction of sp³-hybridized carbons (Fsp3) is 0.429. The lowest BCUT2D eigenvalue weighted by Gasteiger charge is -2.42. The SMILES string of the molecule is COc1ccc(OC)c(C(=O)CN2C[C@@H]3C[C@@H](C2)c2cccc(=O)n2C3)c1. The average molecular weight is 368 g/mol. The summed E-state index contributed by atoms with van der Waals surface area (Å²) in [6.07, 6.45) is 1.08. The molecule has 4 rings (SSSR count). The van der Waals surface area contributed by atoms with Crippen LogP contribution in [0.5, 0.6) is 11.5 Å². The van der Waals surface area contributed by atoms with Crippen molar-refractivity contribution in [3.8, 4) is 11.5 Å². The quantitative estimate of drug-likeness (QED) is 0.757. The number of carbonyl (C=O) groups excluding carboxylic acids is 1. The van der Waals surface area contributed by atoms with Crippen molar-refractivity contribution in [2.45, 2.75) is 18.9 Å². The van der Waals surface area contributed by atoms with Crippen LogP contribution in [0.15, 0.2) is 41.2 Å². The number of likely N-dealkylation sites (tertiary alicyclic amines) is 1. The molecule has 142 valence electrons. The summed E-state index contributed by atoms with van der Waals surface area (Å²) in [5.74, 6) is 1.93. The van der Waals surface area contributed by atoms with E-state index in [-0.39, 0.29) is 11.3 Å². The standard InChI is InChI=1S/C21H24N2O4/c1-26-16-6-7-20(27-2)17(9-16)19(24)13-22-10-14-8-15(12-22)18-4-3-5-21(25)23(18)11-14/h3-7,9,14-15H,8,10-13H2,1-2H3/t14-,15-/m0/s1. The normalized spacial score (nSPS) is 21.4. The second kappa shape index (κ2) is 7.19. The van der Waals surface area contributed by atoms with Gasteiger partial charge in [0.2, 0.25) is 0 Å². The summed E-state index contributed by atoms with van der Waals surface area (Å²) >= 11 is 0. The molecule has 27 heavy (non-hydrogen) atoms. The number of ether oxygens (including phenoxy) is 2. The molecule has 2 aliphatic rings. The number of hydrogen-bond donors (Lipinski definition) is 0. The van der Waals surface area contributed by atoms with E-state index in [1.165, 1.54) is 0 Å². The zero-order valence-corrected chi connectivity index (χ0v) is 15.7. The van der Waals surface area contributed by atoms with Crippen molar-refractivity contribution in [2.24, 2.45) is 5.92 Å². The maximum Gasteiger partial charge on any atom is 0.250 e. The van der Waals surface area contributed by atoms with Crippen LogP contribution in [0.4, 0.5) is 0 Å². The molecule has 1 saturated heterocycles. The largest absolute Gasteiger partial charge is 0.497 e. The summed E-state index contributed by atoms with van der Waals surface area (Å²) in [6, 6.07) is 10.8. The summed E-state index contributed by atoms with van der Waals surface area (Å²) in [5, 5.41) is 0. The number of fused-ring (bicyclic) bond motifs is 4. The number of hydrogen-bond acceptors (Lipinski definition) is 5. The van der Waals surface area contributed by atoms with Crippen molar-refractivity contribution in [1.29, 1.82) is 0 Å². The highest BCUT2D eigenvalue weighted by molar-refractivity contribution is 6.00. The lowest BCUT2D eigenvalue weighted by atomic mass is 9.83. The summed E-state index contributed by atoms with van der Waals surface area (Å²) in [5.41, 5.74) is 1.71. The molecule has 0 unspecified atom stereocenters. The van der Waals surface area contributed by atoms with Gasteiger partial charge in [-0.2, -0.15) is 0 Å². The van der Waals surface area contributed by atoms with Gasteiger partial charge in [-0.05, 0) is 36.6 Å². The van der Waals surface area contributed by atoms with Crippen molar-refractivity contribution in [3.05, 3.63) is 58.0 Å². The Morgan fingerprint density at radius 2 is 1.96 bits per heavy atom. The molecule has 0 spiro atoms. The van der Waals surface area contributed by atoms with Crippen molar-refractivity contribution in [1.82, 2.24) is 9.47 Å². The molecule has 0 amide bonds. The van der Waals surface area contributed by atoms with E-state index >= 15 is 0 Å². The third kappa shape index (κ3) is 3.37. The second-order valence-electron chi connectivity index (χ2n) is 7.38. The van der Waals surface area contributed by atoms with Gasteiger partial charge in [-0.3, -0.25) is 14.5 Å². The Hall–Kier alpha value is -2.60. The van der Waals surface area contributed by atoms with Gasteiger partial charge in [-0.15, -0.1) is 0 Å². The summed E-state index contributed by atoms with van der Waals surface area (Å²) in [6.45, 7) is 2.69. The predicted octanol–water partition coefficient (Wildman–Crippen LogP) is 2.17. The first-order valence-electron chi connectivity index (χ1n) is 9.26. The van der Waals surface area contributed by atoms with E-state index in [1.54, 1.807) is 38.5 Å². The van der Waals surface area contributed by atoms with Crippen LogP contribution in [-0.4, -0.2) is 49.1 Å². The fourth-order valence-electron chi connectivity index (χ4n) is 4.44. The fourth-order valence-corrected chi connectivity index (χ4v) is 4.44. The number of methoxy groups -OCH3 is 2. The molecule has 1 fully saturated rings. The molecule has 0 saturated carbocycles. The molecule has 2 aliphatic heterocycles. The van der Waals surface area contributed by atoms with Crippen LogP contribution in [0.3, 0.4) is 0 Å². The molecule has 0 radical (unpaired) electrons. The van der Waals surface area contributed by atoms with E-state index < -0.39 is 0 Å². The topological polar surface area (TPSA) is 60.8 Å². The molecular weight excluding hydrogens is 344 g/mol. The lowest BCUT2D eigenvalue weighted by Crippen LogP contribution is -2.48. The van der Waals surface area contributed by atoms with E-state index in [0.717, 1.165) is 31.7 Å². The van der Waals surface area contributed by atoms with Gasteiger partial charge in [-0.1, -0.05) is 6.07 Å². The summed E-state index contributed by atoms with van der Waals surface area (Å²) in [4.78, 5) is 27.3. The Bertz CT molecular complexity index is 921. The first kappa shape index (κ1) is 17.8. The highest BCUT2D eigenvalue weighted by atomic mass is 16.5. The number of Topliss-reactive ketones (excluding diaryl/α,β-unsaturated/α-hetero) is 1. The van der Waals surface area contributed by atoms with Gasteiger partial charge in [-0.25, -0.2) is 0 Å². The Kier molecular flexibility index (Phi) is 4.74. The Balaban J connectivity index is 1.54. The smallest absolute Gasteiger partial charge is 0.250 e. The number of nitrogens with zero attached hydrogens (tertiary/aromatic N) is 2. The maximum atomic E-state index is 12.9. The van der Waals surface area contributed by atoms with Crippen molar-refractivity contribution < 1.29 is 14.3 Å². The number of benzene rings is 1. The highest BCUT2D eigenvalue weighted by Crippen LogP contribution is 2.35. The number of ketones is 1. The van der Waals surface area contributed by atoms with Crippen LogP contribution in [-0.2, 0) is 6.54 Å². The van der Waals surface area contributed by atoms with Crippen LogP contribution in [0, 0.1) is 5.92 Å².